The summed E-state index contributed by atoms with van der Waals surface area (Å²) in [6.07, 6.45) is 4.00. The lowest BCUT2D eigenvalue weighted by Gasteiger charge is -2.37. The van der Waals surface area contributed by atoms with Crippen LogP contribution >= 0.6 is 23.2 Å². The number of Topliss-reactive ketones (excluding diaryl/α,β-unsaturated/α-hetero) is 2. The normalized spacial score (nSPS) is 18.0. The number of aryl methyl sites for hydroxylation is 1. The highest BCUT2D eigenvalue weighted by Gasteiger charge is 2.40. The van der Waals surface area contributed by atoms with Crippen LogP contribution in [0.1, 0.15) is 55.6 Å². The smallest absolute Gasteiger partial charge is 0.262 e. The molecule has 0 bridgehead atoms. The maximum atomic E-state index is 13.0. The van der Waals surface area contributed by atoms with Gasteiger partial charge in [0.15, 0.2) is 23.9 Å². The van der Waals surface area contributed by atoms with E-state index in [4.69, 9.17) is 27.9 Å². The average Bonchev–Trinajstić information content (AvgIpc) is 2.84. The molecule has 0 radical (unpaired) electrons. The van der Waals surface area contributed by atoms with Crippen molar-refractivity contribution in [1.29, 1.82) is 0 Å². The molecule has 186 valence electrons. The van der Waals surface area contributed by atoms with E-state index in [9.17, 15) is 14.4 Å². The van der Waals surface area contributed by atoms with E-state index in [0.717, 1.165) is 42.6 Å². The Balaban J connectivity index is 1.42. The van der Waals surface area contributed by atoms with Gasteiger partial charge in [0.1, 0.15) is 0 Å². The van der Waals surface area contributed by atoms with Gasteiger partial charge in [0.25, 0.3) is 5.91 Å². The maximum Gasteiger partial charge on any atom is 0.262 e. The third kappa shape index (κ3) is 4.80. The van der Waals surface area contributed by atoms with Gasteiger partial charge >= 0.3 is 0 Å². The predicted molar refractivity (Wildman–Crippen MR) is 139 cm³/mol. The third-order valence-electron chi connectivity index (χ3n) is 6.83. The molecule has 0 saturated carbocycles. The van der Waals surface area contributed by atoms with E-state index in [-0.39, 0.29) is 39.9 Å². The quantitative estimate of drug-likeness (QED) is 0.499. The summed E-state index contributed by atoms with van der Waals surface area (Å²) in [6, 6.07) is 10.8. The second-order valence-corrected chi connectivity index (χ2v) is 10.2. The van der Waals surface area contributed by atoms with Gasteiger partial charge in [0.05, 0.1) is 10.0 Å². The van der Waals surface area contributed by atoms with Crippen LogP contribution in [0.15, 0.2) is 58.9 Å². The number of rotatable bonds is 5. The molecule has 0 fully saturated rings. The summed E-state index contributed by atoms with van der Waals surface area (Å²) in [5.74, 6) is -0.592. The lowest BCUT2D eigenvalue weighted by Crippen LogP contribution is -2.36. The monoisotopic (exact) mass is 524 g/mol. The summed E-state index contributed by atoms with van der Waals surface area (Å²) in [7, 11) is 0. The van der Waals surface area contributed by atoms with Crippen molar-refractivity contribution in [1.82, 2.24) is 5.32 Å². The van der Waals surface area contributed by atoms with Crippen molar-refractivity contribution in [3.05, 3.63) is 80.1 Å². The van der Waals surface area contributed by atoms with Crippen LogP contribution in [0.5, 0.6) is 5.75 Å². The number of amides is 1. The fourth-order valence-electron chi connectivity index (χ4n) is 5.17. The van der Waals surface area contributed by atoms with Crippen LogP contribution in [0.3, 0.4) is 0 Å². The Bertz CT molecular complexity index is 1260. The zero-order valence-electron chi connectivity index (χ0n) is 19.9. The van der Waals surface area contributed by atoms with Crippen LogP contribution in [0.2, 0.25) is 10.0 Å². The number of benzene rings is 2. The lowest BCUT2D eigenvalue weighted by molar-refractivity contribution is -0.118. The molecule has 36 heavy (non-hydrogen) atoms. The Kier molecular flexibility index (Phi) is 6.91. The largest absolute Gasteiger partial charge is 0.481 e. The fraction of sp³-hybridized carbons (Fsp3) is 0.321. The van der Waals surface area contributed by atoms with Crippen LogP contribution in [-0.2, 0) is 14.4 Å². The standard InChI is InChI=1S/C28H26Cl2N2O4/c1-15-8-10-17(11-9-15)31-24(35)14-36-28-18(29)12-16(13-19(28)30)25-26-20(4-2-6-22(26)33)32-21-5-3-7-23(34)27(21)25/h8-13,25,32H,2-7,14H2,1H3,(H,31,35). The summed E-state index contributed by atoms with van der Waals surface area (Å²) in [5.41, 5.74) is 5.48. The van der Waals surface area contributed by atoms with Crippen molar-refractivity contribution in [2.45, 2.75) is 51.4 Å². The first-order valence-corrected chi connectivity index (χ1v) is 12.8. The molecule has 2 N–H and O–H groups in total. The van der Waals surface area contributed by atoms with Crippen molar-refractivity contribution in [2.75, 3.05) is 11.9 Å². The Morgan fingerprint density at radius 2 is 1.50 bits per heavy atom. The molecule has 2 aromatic carbocycles. The number of ketones is 2. The van der Waals surface area contributed by atoms with Gasteiger partial charge in [0, 0.05) is 47.0 Å². The number of ether oxygens (including phenoxy) is 1. The molecule has 1 heterocycles. The number of allylic oxidation sites excluding steroid dienone is 4. The predicted octanol–water partition coefficient (Wildman–Crippen LogP) is 6.02. The van der Waals surface area contributed by atoms with Crippen LogP contribution < -0.4 is 15.4 Å². The topological polar surface area (TPSA) is 84.5 Å². The van der Waals surface area contributed by atoms with E-state index in [1.165, 1.54) is 0 Å². The van der Waals surface area contributed by atoms with E-state index in [0.29, 0.717) is 35.2 Å². The minimum absolute atomic E-state index is 0.0408. The average molecular weight is 525 g/mol. The highest BCUT2D eigenvalue weighted by molar-refractivity contribution is 6.37. The first-order valence-electron chi connectivity index (χ1n) is 12.1. The summed E-state index contributed by atoms with van der Waals surface area (Å²) < 4.78 is 5.68. The van der Waals surface area contributed by atoms with Gasteiger partial charge in [-0.1, -0.05) is 40.9 Å². The van der Waals surface area contributed by atoms with E-state index < -0.39 is 5.92 Å². The number of carbonyl (C=O) groups is 3. The summed E-state index contributed by atoms with van der Waals surface area (Å²) in [6.45, 7) is 1.69. The van der Waals surface area contributed by atoms with Crippen LogP contribution in [0.25, 0.3) is 0 Å². The molecule has 0 atom stereocenters. The van der Waals surface area contributed by atoms with Gasteiger partial charge in [-0.2, -0.15) is 0 Å². The molecule has 1 amide bonds. The van der Waals surface area contributed by atoms with Crippen LogP contribution in [0, 0.1) is 6.92 Å². The molecule has 2 aliphatic carbocycles. The molecule has 2 aromatic rings. The Hall–Kier alpha value is -3.09. The van der Waals surface area contributed by atoms with Crippen LogP contribution in [0.4, 0.5) is 5.69 Å². The van der Waals surface area contributed by atoms with Crippen molar-refractivity contribution < 1.29 is 19.1 Å². The lowest BCUT2D eigenvalue weighted by atomic mass is 9.71. The maximum absolute atomic E-state index is 13.0. The van der Waals surface area contributed by atoms with Gasteiger partial charge in [-0.15, -0.1) is 0 Å². The molecule has 0 spiro atoms. The van der Waals surface area contributed by atoms with E-state index in [1.54, 1.807) is 12.1 Å². The van der Waals surface area contributed by atoms with Gasteiger partial charge in [-0.3, -0.25) is 14.4 Å². The number of halogens is 2. The molecule has 8 heteroatoms. The molecule has 0 aromatic heterocycles. The first-order chi connectivity index (χ1) is 17.3. The van der Waals surface area contributed by atoms with E-state index in [2.05, 4.69) is 10.6 Å². The highest BCUT2D eigenvalue weighted by Crippen LogP contribution is 2.47. The fourth-order valence-corrected chi connectivity index (χ4v) is 5.79. The number of anilines is 1. The number of hydrogen-bond acceptors (Lipinski definition) is 5. The van der Waals surface area contributed by atoms with Gasteiger partial charge in [0.2, 0.25) is 0 Å². The number of carbonyl (C=O) groups excluding carboxylic acids is 3. The zero-order valence-corrected chi connectivity index (χ0v) is 21.4. The minimum Gasteiger partial charge on any atom is -0.481 e. The number of nitrogens with one attached hydrogen (secondary N) is 2. The Morgan fingerprint density at radius 1 is 0.944 bits per heavy atom. The second-order valence-electron chi connectivity index (χ2n) is 9.41. The molecule has 0 unspecified atom stereocenters. The van der Waals surface area contributed by atoms with Gasteiger partial charge in [-0.25, -0.2) is 0 Å². The van der Waals surface area contributed by atoms with Crippen molar-refractivity contribution in [2.24, 2.45) is 0 Å². The SMILES string of the molecule is Cc1ccc(NC(=O)COc2c(Cl)cc(C3C4=C(CCCC4=O)NC4=C3C(=O)CCC4)cc2Cl)cc1. The highest BCUT2D eigenvalue weighted by atomic mass is 35.5. The molecule has 5 rings (SSSR count). The minimum atomic E-state index is -0.509. The van der Waals surface area contributed by atoms with Crippen molar-refractivity contribution >= 4 is 46.4 Å². The van der Waals surface area contributed by atoms with Crippen LogP contribution in [-0.4, -0.2) is 24.1 Å². The van der Waals surface area contributed by atoms with Gasteiger partial charge < -0.3 is 15.4 Å². The Morgan fingerprint density at radius 3 is 2.06 bits per heavy atom. The van der Waals surface area contributed by atoms with Crippen molar-refractivity contribution in [3.63, 3.8) is 0 Å². The van der Waals surface area contributed by atoms with E-state index in [1.807, 2.05) is 31.2 Å². The van der Waals surface area contributed by atoms with Crippen molar-refractivity contribution in [3.8, 4) is 5.75 Å². The third-order valence-corrected chi connectivity index (χ3v) is 7.39. The number of dihydropyridines is 1. The number of hydrogen-bond donors (Lipinski definition) is 2. The molecule has 6 nitrogen and oxygen atoms in total. The Labute approximate surface area is 219 Å². The van der Waals surface area contributed by atoms with E-state index >= 15 is 0 Å². The molecule has 3 aliphatic rings. The first kappa shape index (κ1) is 24.6. The zero-order chi connectivity index (χ0) is 25.4. The molecular formula is C28H26Cl2N2O4. The molecule has 1 aliphatic heterocycles. The van der Waals surface area contributed by atoms with Gasteiger partial charge in [-0.05, 0) is 62.4 Å². The molecule has 0 saturated heterocycles. The summed E-state index contributed by atoms with van der Waals surface area (Å²) >= 11 is 13.2. The second kappa shape index (κ2) is 10.1. The molecular weight excluding hydrogens is 499 g/mol. The summed E-state index contributed by atoms with van der Waals surface area (Å²) in [5, 5.41) is 6.60. The summed E-state index contributed by atoms with van der Waals surface area (Å²) in [4.78, 5) is 38.4.